The lowest BCUT2D eigenvalue weighted by Gasteiger charge is -2.37. The summed E-state index contributed by atoms with van der Waals surface area (Å²) in [5.41, 5.74) is 0.684. The molecule has 1 saturated heterocycles. The summed E-state index contributed by atoms with van der Waals surface area (Å²) in [6, 6.07) is 18.4. The average molecular weight is 611 g/mol. The number of esters is 1. The summed E-state index contributed by atoms with van der Waals surface area (Å²) in [5, 5.41) is 2.29. The molecule has 4 aliphatic carbocycles. The molecule has 0 spiro atoms. The van der Waals surface area contributed by atoms with Gasteiger partial charge in [-0.25, -0.2) is 9.80 Å². The monoisotopic (exact) mass is 610 g/mol. The third kappa shape index (κ3) is 4.68. The molecule has 0 radical (unpaired) electrons. The Bertz CT molecular complexity index is 1700. The number of hydrazine groups is 1. The molecule has 3 amide bonds. The molecule has 5 aliphatic rings. The van der Waals surface area contributed by atoms with Crippen LogP contribution in [0.5, 0.6) is 11.5 Å². The number of allylic oxidation sites excluding steroid dienone is 2. The number of ketones is 1. The number of methoxy groups -OCH3 is 1. The first kappa shape index (κ1) is 28.0. The number of amides is 3. The molecule has 0 unspecified atom stereocenters. The predicted molar refractivity (Wildman–Crippen MR) is 158 cm³/mol. The maximum atomic E-state index is 13.8. The van der Waals surface area contributed by atoms with E-state index in [4.69, 9.17) is 21.1 Å². The van der Waals surface area contributed by atoms with E-state index in [1.54, 1.807) is 24.3 Å². The highest BCUT2D eigenvalue weighted by Gasteiger charge is 2.68. The number of benzene rings is 3. The molecule has 2 saturated carbocycles. The molecule has 9 nitrogen and oxygen atoms in total. The quantitative estimate of drug-likeness (QED) is 0.118. The Hall–Kier alpha value is -4.76. The van der Waals surface area contributed by atoms with Gasteiger partial charge in [0.25, 0.3) is 17.7 Å². The first-order valence-corrected chi connectivity index (χ1v) is 14.8. The topological polar surface area (TPSA) is 110 Å². The zero-order chi connectivity index (χ0) is 30.7. The minimum Gasteiger partial charge on any atom is -0.497 e. The molecular weight excluding hydrogens is 584 g/mol. The number of imide groups is 1. The van der Waals surface area contributed by atoms with E-state index in [2.05, 4.69) is 0 Å². The van der Waals surface area contributed by atoms with Crippen LogP contribution in [0, 0.1) is 35.5 Å². The molecule has 44 heavy (non-hydrogen) atoms. The van der Waals surface area contributed by atoms with Gasteiger partial charge in [-0.1, -0.05) is 29.8 Å². The Labute approximate surface area is 257 Å². The highest BCUT2D eigenvalue weighted by molar-refractivity contribution is 6.30. The van der Waals surface area contributed by atoms with Crippen LogP contribution < -0.4 is 9.47 Å². The van der Waals surface area contributed by atoms with Gasteiger partial charge in [-0.05, 0) is 96.8 Å². The molecule has 0 N–H and O–H groups in total. The van der Waals surface area contributed by atoms with Crippen molar-refractivity contribution < 1.29 is 33.4 Å². The molecule has 6 atom stereocenters. The van der Waals surface area contributed by atoms with Crippen molar-refractivity contribution in [3.63, 3.8) is 0 Å². The Balaban J connectivity index is 1.13. The maximum Gasteiger partial charge on any atom is 0.343 e. The van der Waals surface area contributed by atoms with Gasteiger partial charge in [-0.15, -0.1) is 0 Å². The SMILES string of the molecule is COc1cccc(C(=O)Oc2ccc(C(=O)CN(C(=O)c3ccc(Cl)cc3)N3C(=O)[C@@H]4[C@H]5C=C[C@@H]([C@@H]6C[C@@H]56)[C@H]4C3=O)cc2)c1. The molecule has 8 rings (SSSR count). The fraction of sp³-hybridized carbons (Fsp3) is 0.265. The largest absolute Gasteiger partial charge is 0.497 e. The summed E-state index contributed by atoms with van der Waals surface area (Å²) < 4.78 is 10.6. The number of hydrogen-bond acceptors (Lipinski definition) is 7. The number of Topliss-reactive ketones (excluding diaryl/α,β-unsaturated/α-hetero) is 1. The third-order valence-corrected chi connectivity index (χ3v) is 9.44. The van der Waals surface area contributed by atoms with E-state index in [9.17, 15) is 24.0 Å². The smallest absolute Gasteiger partial charge is 0.343 e. The van der Waals surface area contributed by atoms with Crippen LogP contribution in [0.25, 0.3) is 0 Å². The zero-order valence-electron chi connectivity index (χ0n) is 23.6. The van der Waals surface area contributed by atoms with E-state index in [1.807, 2.05) is 12.2 Å². The summed E-state index contributed by atoms with van der Waals surface area (Å²) in [5.74, 6) is -2.29. The van der Waals surface area contributed by atoms with Gasteiger partial charge in [0.05, 0.1) is 24.5 Å². The summed E-state index contributed by atoms with van der Waals surface area (Å²) >= 11 is 6.02. The maximum absolute atomic E-state index is 13.8. The lowest BCUT2D eigenvalue weighted by Crippen LogP contribution is -2.52. The van der Waals surface area contributed by atoms with Gasteiger partial charge >= 0.3 is 5.97 Å². The third-order valence-electron chi connectivity index (χ3n) is 9.19. The van der Waals surface area contributed by atoms with Crippen molar-refractivity contribution in [2.45, 2.75) is 6.42 Å². The Morgan fingerprint density at radius 2 is 1.43 bits per heavy atom. The molecule has 3 aromatic rings. The number of rotatable bonds is 8. The fourth-order valence-corrected chi connectivity index (χ4v) is 7.13. The summed E-state index contributed by atoms with van der Waals surface area (Å²) in [7, 11) is 1.50. The van der Waals surface area contributed by atoms with Crippen LogP contribution in [0.3, 0.4) is 0 Å². The average Bonchev–Trinajstić information content (AvgIpc) is 3.83. The predicted octanol–water partition coefficient (Wildman–Crippen LogP) is 4.86. The molecule has 222 valence electrons. The van der Waals surface area contributed by atoms with Crippen LogP contribution in [0.1, 0.15) is 37.5 Å². The first-order chi connectivity index (χ1) is 21.2. The van der Waals surface area contributed by atoms with Gasteiger partial charge in [-0.2, -0.15) is 5.01 Å². The van der Waals surface area contributed by atoms with Crippen molar-refractivity contribution in [1.29, 1.82) is 0 Å². The fourth-order valence-electron chi connectivity index (χ4n) is 7.01. The molecule has 3 aromatic carbocycles. The molecular formula is C34H27ClN2O7. The van der Waals surface area contributed by atoms with Gasteiger partial charge in [0.1, 0.15) is 18.0 Å². The lowest BCUT2D eigenvalue weighted by atomic mass is 9.63. The van der Waals surface area contributed by atoms with Crippen LogP contribution in [0.4, 0.5) is 0 Å². The van der Waals surface area contributed by atoms with E-state index < -0.39 is 47.9 Å². The minimum atomic E-state index is -0.662. The number of carbonyl (C=O) groups is 5. The van der Waals surface area contributed by atoms with Gasteiger partial charge in [0.15, 0.2) is 5.78 Å². The number of ether oxygens (including phenoxy) is 2. The normalized spacial score (nSPS) is 25.7. The van der Waals surface area contributed by atoms with E-state index in [0.717, 1.165) is 16.4 Å². The van der Waals surface area contributed by atoms with E-state index >= 15 is 0 Å². The van der Waals surface area contributed by atoms with Crippen LogP contribution in [0.15, 0.2) is 84.9 Å². The molecule has 3 fully saturated rings. The Morgan fingerprint density at radius 1 is 0.818 bits per heavy atom. The second-order valence-electron chi connectivity index (χ2n) is 11.6. The van der Waals surface area contributed by atoms with Gasteiger partial charge < -0.3 is 9.47 Å². The van der Waals surface area contributed by atoms with Crippen molar-refractivity contribution in [1.82, 2.24) is 10.0 Å². The summed E-state index contributed by atoms with van der Waals surface area (Å²) in [6.45, 7) is -0.545. The van der Waals surface area contributed by atoms with Gasteiger partial charge in [-0.3, -0.25) is 19.2 Å². The van der Waals surface area contributed by atoms with E-state index in [1.165, 1.54) is 55.6 Å². The van der Waals surface area contributed by atoms with Crippen LogP contribution >= 0.6 is 11.6 Å². The molecule has 1 aliphatic heterocycles. The van der Waals surface area contributed by atoms with Crippen molar-refractivity contribution >= 4 is 41.1 Å². The minimum absolute atomic E-state index is 0.0353. The lowest BCUT2D eigenvalue weighted by molar-refractivity contribution is -0.154. The van der Waals surface area contributed by atoms with E-state index in [0.29, 0.717) is 28.2 Å². The molecule has 0 aromatic heterocycles. The second-order valence-corrected chi connectivity index (χ2v) is 12.0. The molecule has 1 heterocycles. The van der Waals surface area contributed by atoms with E-state index in [-0.39, 0.29) is 28.7 Å². The number of nitrogens with zero attached hydrogens (tertiary/aromatic N) is 2. The first-order valence-electron chi connectivity index (χ1n) is 14.4. The highest BCUT2D eigenvalue weighted by atomic mass is 35.5. The van der Waals surface area contributed by atoms with Crippen LogP contribution in [-0.4, -0.2) is 53.1 Å². The van der Waals surface area contributed by atoms with Crippen molar-refractivity contribution in [3.8, 4) is 11.5 Å². The Kier molecular flexibility index (Phi) is 6.85. The number of carbonyl (C=O) groups excluding carboxylic acids is 5. The van der Waals surface area contributed by atoms with Crippen LogP contribution in [0.2, 0.25) is 5.02 Å². The highest BCUT2D eigenvalue weighted by Crippen LogP contribution is 2.65. The van der Waals surface area contributed by atoms with Crippen LogP contribution in [-0.2, 0) is 9.59 Å². The summed E-state index contributed by atoms with van der Waals surface area (Å²) in [6.07, 6.45) is 5.11. The molecule has 10 heteroatoms. The molecule has 2 bridgehead atoms. The summed E-state index contributed by atoms with van der Waals surface area (Å²) in [4.78, 5) is 67.7. The van der Waals surface area contributed by atoms with Gasteiger partial charge in [0.2, 0.25) is 0 Å². The van der Waals surface area contributed by atoms with Gasteiger partial charge in [0, 0.05) is 16.1 Å². The van der Waals surface area contributed by atoms with Crippen molar-refractivity contribution in [2.24, 2.45) is 35.5 Å². The second kappa shape index (κ2) is 10.7. The van der Waals surface area contributed by atoms with Crippen molar-refractivity contribution in [2.75, 3.05) is 13.7 Å². The van der Waals surface area contributed by atoms with Crippen molar-refractivity contribution in [3.05, 3.63) is 107 Å². The standard InChI is InChI=1S/C34H27ClN2O7/c1-43-23-4-2-3-20(15-23)34(42)44-22-11-7-18(8-12-22)28(38)17-36(31(39)19-5-9-21(35)10-6-19)37-32(40)29-24-13-14-25(27-16-26(24)27)30(29)33(37)41/h2-15,24-27,29-30H,16-17H2,1H3/t24-,25-,26-,27-,29+,30+/m0/s1. The number of hydrogen-bond donors (Lipinski definition) is 0. The number of halogens is 1. The zero-order valence-corrected chi connectivity index (χ0v) is 24.3. The Morgan fingerprint density at radius 3 is 2.05 bits per heavy atom.